The zero-order valence-corrected chi connectivity index (χ0v) is 7.20. The van der Waals surface area contributed by atoms with Gasteiger partial charge in [-0.3, -0.25) is 0 Å². The zero-order chi connectivity index (χ0) is 8.27. The van der Waals surface area contributed by atoms with E-state index in [-0.39, 0.29) is 0 Å². The van der Waals surface area contributed by atoms with Crippen molar-refractivity contribution in [2.24, 2.45) is 5.73 Å². The van der Waals surface area contributed by atoms with E-state index in [2.05, 4.69) is 10.3 Å². The Labute approximate surface area is 70.9 Å². The van der Waals surface area contributed by atoms with Gasteiger partial charge in [0, 0.05) is 24.3 Å². The summed E-state index contributed by atoms with van der Waals surface area (Å²) < 4.78 is 0. The predicted octanol–water partition coefficient (Wildman–Crippen LogP) is 0.846. The summed E-state index contributed by atoms with van der Waals surface area (Å²) in [5.41, 5.74) is 7.47. The minimum Gasteiger partial charge on any atom is -0.348 e. The van der Waals surface area contributed by atoms with Crippen molar-refractivity contribution in [1.82, 2.24) is 10.3 Å². The van der Waals surface area contributed by atoms with Crippen LogP contribution in [0.25, 0.3) is 0 Å². The second-order valence-electron chi connectivity index (χ2n) is 2.37. The van der Waals surface area contributed by atoms with Crippen molar-refractivity contribution in [3.05, 3.63) is 22.5 Å². The van der Waals surface area contributed by atoms with Crippen LogP contribution in [0.1, 0.15) is 11.3 Å². The summed E-state index contributed by atoms with van der Waals surface area (Å²) >= 11 is 5.82. The monoisotopic (exact) mass is 173 g/mol. The Balaban J connectivity index is 2.77. The molecule has 3 nitrogen and oxygen atoms in total. The largest absolute Gasteiger partial charge is 0.348 e. The van der Waals surface area contributed by atoms with E-state index in [1.165, 1.54) is 0 Å². The number of rotatable bonds is 3. The molecule has 0 aliphatic heterocycles. The van der Waals surface area contributed by atoms with Crippen LogP contribution in [0.5, 0.6) is 0 Å². The first kappa shape index (κ1) is 8.59. The topological polar surface area (TPSA) is 53.8 Å². The minimum atomic E-state index is 0.485. The van der Waals surface area contributed by atoms with Crippen LogP contribution < -0.4 is 11.1 Å². The summed E-state index contributed by atoms with van der Waals surface area (Å²) in [7, 11) is 1.89. The van der Waals surface area contributed by atoms with Crippen LogP contribution in [-0.4, -0.2) is 12.0 Å². The summed E-state index contributed by atoms with van der Waals surface area (Å²) in [4.78, 5) is 3.02. The van der Waals surface area contributed by atoms with Crippen LogP contribution in [-0.2, 0) is 13.1 Å². The molecular formula is C7H12ClN3. The molecule has 4 heteroatoms. The summed E-state index contributed by atoms with van der Waals surface area (Å²) in [5.74, 6) is 0. The lowest BCUT2D eigenvalue weighted by atomic mass is 10.3. The quantitative estimate of drug-likeness (QED) is 0.635. The van der Waals surface area contributed by atoms with Gasteiger partial charge in [-0.1, -0.05) is 11.6 Å². The number of hydrogen-bond donors (Lipinski definition) is 3. The van der Waals surface area contributed by atoms with Gasteiger partial charge in [-0.25, -0.2) is 0 Å². The van der Waals surface area contributed by atoms with Crippen LogP contribution in [0.4, 0.5) is 0 Å². The van der Waals surface area contributed by atoms with Gasteiger partial charge in [-0.15, -0.1) is 0 Å². The third-order valence-electron chi connectivity index (χ3n) is 1.49. The molecule has 0 spiro atoms. The van der Waals surface area contributed by atoms with Crippen molar-refractivity contribution in [2.75, 3.05) is 7.05 Å². The molecule has 0 saturated carbocycles. The lowest BCUT2D eigenvalue weighted by Gasteiger charge is -1.91. The molecule has 0 radical (unpaired) electrons. The van der Waals surface area contributed by atoms with Gasteiger partial charge >= 0.3 is 0 Å². The van der Waals surface area contributed by atoms with Gasteiger partial charge < -0.3 is 16.0 Å². The molecule has 11 heavy (non-hydrogen) atoms. The third-order valence-corrected chi connectivity index (χ3v) is 1.83. The molecule has 0 aromatic carbocycles. The first-order valence-electron chi connectivity index (χ1n) is 3.49. The maximum Gasteiger partial charge on any atom is 0.111 e. The van der Waals surface area contributed by atoms with E-state index in [0.29, 0.717) is 11.7 Å². The lowest BCUT2D eigenvalue weighted by Crippen LogP contribution is -2.04. The molecule has 4 N–H and O–H groups in total. The molecule has 0 aliphatic carbocycles. The van der Waals surface area contributed by atoms with Crippen molar-refractivity contribution >= 4 is 11.6 Å². The standard InChI is InChI=1S/C7H12ClN3/c1-10-4-6-2-5(3-9)7(8)11-6/h2,10-11H,3-4,9H2,1H3. The maximum absolute atomic E-state index is 5.82. The van der Waals surface area contributed by atoms with Crippen LogP contribution in [0.15, 0.2) is 6.07 Å². The molecule has 0 saturated heterocycles. The van der Waals surface area contributed by atoms with Gasteiger partial charge in [-0.2, -0.15) is 0 Å². The number of nitrogens with one attached hydrogen (secondary N) is 2. The highest BCUT2D eigenvalue weighted by molar-refractivity contribution is 6.30. The van der Waals surface area contributed by atoms with E-state index >= 15 is 0 Å². The fourth-order valence-corrected chi connectivity index (χ4v) is 1.22. The van der Waals surface area contributed by atoms with Crippen LogP contribution in [0.3, 0.4) is 0 Å². The Bertz CT molecular complexity index is 232. The Hall–Kier alpha value is -0.510. The van der Waals surface area contributed by atoms with Crippen molar-refractivity contribution in [2.45, 2.75) is 13.1 Å². The maximum atomic E-state index is 5.82. The molecule has 0 aliphatic rings. The molecule has 0 amide bonds. The summed E-state index contributed by atoms with van der Waals surface area (Å²) in [5, 5.41) is 3.67. The summed E-state index contributed by atoms with van der Waals surface area (Å²) in [6, 6.07) is 1.97. The molecular weight excluding hydrogens is 162 g/mol. The molecule has 1 aromatic rings. The van der Waals surface area contributed by atoms with E-state index in [9.17, 15) is 0 Å². The normalized spacial score (nSPS) is 10.5. The molecule has 1 rings (SSSR count). The highest BCUT2D eigenvalue weighted by Crippen LogP contribution is 2.15. The molecule has 1 aromatic heterocycles. The minimum absolute atomic E-state index is 0.485. The Morgan fingerprint density at radius 2 is 2.45 bits per heavy atom. The molecule has 0 fully saturated rings. The lowest BCUT2D eigenvalue weighted by molar-refractivity contribution is 0.797. The molecule has 1 heterocycles. The number of aromatic amines is 1. The second-order valence-corrected chi connectivity index (χ2v) is 2.75. The van der Waals surface area contributed by atoms with E-state index in [4.69, 9.17) is 17.3 Å². The number of aromatic nitrogens is 1. The van der Waals surface area contributed by atoms with Crippen molar-refractivity contribution in [3.8, 4) is 0 Å². The average Bonchev–Trinajstić information content (AvgIpc) is 2.32. The van der Waals surface area contributed by atoms with E-state index in [0.717, 1.165) is 17.8 Å². The Kier molecular flexibility index (Phi) is 2.93. The number of H-pyrrole nitrogens is 1. The van der Waals surface area contributed by atoms with Gasteiger partial charge in [0.1, 0.15) is 5.15 Å². The molecule has 0 unspecified atom stereocenters. The smallest absolute Gasteiger partial charge is 0.111 e. The number of halogens is 1. The van der Waals surface area contributed by atoms with Crippen LogP contribution in [0.2, 0.25) is 5.15 Å². The molecule has 0 atom stereocenters. The van der Waals surface area contributed by atoms with Crippen LogP contribution >= 0.6 is 11.6 Å². The third kappa shape index (κ3) is 1.96. The summed E-state index contributed by atoms with van der Waals surface area (Å²) in [6.07, 6.45) is 0. The van der Waals surface area contributed by atoms with Gasteiger partial charge in [0.15, 0.2) is 0 Å². The van der Waals surface area contributed by atoms with E-state index in [1.54, 1.807) is 0 Å². The Morgan fingerprint density at radius 1 is 1.73 bits per heavy atom. The fraction of sp³-hybridized carbons (Fsp3) is 0.429. The van der Waals surface area contributed by atoms with Crippen LogP contribution in [0, 0.1) is 0 Å². The highest BCUT2D eigenvalue weighted by atomic mass is 35.5. The SMILES string of the molecule is CNCc1cc(CN)c(Cl)[nH]1. The first-order valence-corrected chi connectivity index (χ1v) is 3.86. The van der Waals surface area contributed by atoms with Gasteiger partial charge in [-0.05, 0) is 13.1 Å². The van der Waals surface area contributed by atoms with Crippen molar-refractivity contribution in [3.63, 3.8) is 0 Å². The first-order chi connectivity index (χ1) is 5.27. The van der Waals surface area contributed by atoms with E-state index < -0.39 is 0 Å². The fourth-order valence-electron chi connectivity index (χ4n) is 0.965. The second kappa shape index (κ2) is 3.76. The van der Waals surface area contributed by atoms with Gasteiger partial charge in [0.05, 0.1) is 0 Å². The summed E-state index contributed by atoms with van der Waals surface area (Å²) in [6.45, 7) is 1.28. The molecule has 0 bridgehead atoms. The predicted molar refractivity (Wildman–Crippen MR) is 46.5 cm³/mol. The highest BCUT2D eigenvalue weighted by Gasteiger charge is 2.02. The number of hydrogen-bond acceptors (Lipinski definition) is 2. The van der Waals surface area contributed by atoms with Crippen molar-refractivity contribution < 1.29 is 0 Å². The number of nitrogens with two attached hydrogens (primary N) is 1. The zero-order valence-electron chi connectivity index (χ0n) is 6.45. The van der Waals surface area contributed by atoms with Gasteiger partial charge in [0.2, 0.25) is 0 Å². The van der Waals surface area contributed by atoms with E-state index in [1.807, 2.05) is 13.1 Å². The average molecular weight is 174 g/mol. The van der Waals surface area contributed by atoms with Gasteiger partial charge in [0.25, 0.3) is 0 Å². The Morgan fingerprint density at radius 3 is 2.91 bits per heavy atom. The van der Waals surface area contributed by atoms with Crippen molar-refractivity contribution in [1.29, 1.82) is 0 Å². The molecule has 62 valence electrons.